The summed E-state index contributed by atoms with van der Waals surface area (Å²) in [6.07, 6.45) is 2.43. The lowest BCUT2D eigenvalue weighted by atomic mass is 10.2. The Balaban J connectivity index is 2.28. The van der Waals surface area contributed by atoms with Crippen molar-refractivity contribution in [3.05, 3.63) is 11.9 Å². The molecular weight excluding hydrogens is 258 g/mol. The molecule has 1 fully saturated rings. The molecule has 1 saturated heterocycles. The fourth-order valence-electron chi connectivity index (χ4n) is 1.89. The molecule has 0 amide bonds. The van der Waals surface area contributed by atoms with Gasteiger partial charge >= 0.3 is 11.9 Å². The average Bonchev–Trinajstić information content (AvgIpc) is 2.38. The number of hydrogen-bond donors (Lipinski definition) is 2. The largest absolute Gasteiger partial charge is 0.479 e. The van der Waals surface area contributed by atoms with E-state index < -0.39 is 18.0 Å². The smallest absolute Gasteiger partial charge is 0.355 e. The van der Waals surface area contributed by atoms with Crippen LogP contribution in [-0.2, 0) is 9.59 Å². The summed E-state index contributed by atoms with van der Waals surface area (Å²) in [6, 6.07) is -1.05. The molecule has 2 aliphatic rings. The van der Waals surface area contributed by atoms with Crippen LogP contribution >= 0.6 is 11.8 Å². The third kappa shape index (κ3) is 2.49. The van der Waals surface area contributed by atoms with Crippen LogP contribution in [0.25, 0.3) is 0 Å². The van der Waals surface area contributed by atoms with E-state index in [1.807, 2.05) is 0 Å². The molecule has 0 bridgehead atoms. The van der Waals surface area contributed by atoms with Crippen molar-refractivity contribution in [1.82, 2.24) is 10.0 Å². The van der Waals surface area contributed by atoms with Gasteiger partial charge in [0, 0.05) is 30.8 Å². The predicted molar refractivity (Wildman–Crippen MR) is 66.4 cm³/mol. The Morgan fingerprint density at radius 1 is 1.33 bits per heavy atom. The zero-order valence-electron chi connectivity index (χ0n) is 9.52. The highest BCUT2D eigenvalue weighted by Gasteiger charge is 2.36. The summed E-state index contributed by atoms with van der Waals surface area (Å²) in [4.78, 5) is 26.1. The lowest BCUT2D eigenvalue weighted by molar-refractivity contribution is -0.149. The van der Waals surface area contributed by atoms with E-state index in [4.69, 9.17) is 10.2 Å². The number of hydrazine groups is 1. The van der Waals surface area contributed by atoms with E-state index in [0.717, 1.165) is 11.5 Å². The van der Waals surface area contributed by atoms with Crippen molar-refractivity contribution in [3.63, 3.8) is 0 Å². The maximum atomic E-state index is 11.2. The van der Waals surface area contributed by atoms with Crippen LogP contribution < -0.4 is 0 Å². The molecule has 2 rings (SSSR count). The van der Waals surface area contributed by atoms with Gasteiger partial charge in [0.15, 0.2) is 11.7 Å². The first-order valence-corrected chi connectivity index (χ1v) is 6.58. The summed E-state index contributed by atoms with van der Waals surface area (Å²) in [5.41, 5.74) is -0.100. The minimum Gasteiger partial charge on any atom is -0.479 e. The lowest BCUT2D eigenvalue weighted by Crippen LogP contribution is -2.56. The van der Waals surface area contributed by atoms with Crippen LogP contribution in [-0.4, -0.2) is 69.0 Å². The summed E-state index contributed by atoms with van der Waals surface area (Å²) in [5.74, 6) is -0.570. The third-order valence-corrected chi connectivity index (χ3v) is 3.64. The number of rotatable bonds is 3. The Hall–Kier alpha value is -1.54. The molecule has 1 atom stereocenters. The molecule has 0 saturated carbocycles. The number of aliphatic imine (C=N–C) groups is 1. The second-order valence-corrected chi connectivity index (χ2v) is 5.04. The number of thioether (sulfide) groups is 1. The van der Waals surface area contributed by atoms with Gasteiger partial charge in [-0.1, -0.05) is 0 Å². The van der Waals surface area contributed by atoms with Crippen molar-refractivity contribution in [1.29, 1.82) is 0 Å². The van der Waals surface area contributed by atoms with Gasteiger partial charge in [0.25, 0.3) is 0 Å². The number of aliphatic carboxylic acids is 2. The first-order valence-electron chi connectivity index (χ1n) is 5.42. The summed E-state index contributed by atoms with van der Waals surface area (Å²) in [5, 5.41) is 21.4. The van der Waals surface area contributed by atoms with Crippen molar-refractivity contribution in [2.45, 2.75) is 6.04 Å². The molecular formula is C10H13N3O4S. The predicted octanol–water partition coefficient (Wildman–Crippen LogP) is -0.284. The Bertz CT molecular complexity index is 417. The SMILES string of the molecule is O=C(O)C1=CN=CC(C(=O)O)N1N1CCSCC1. The van der Waals surface area contributed by atoms with Crippen molar-refractivity contribution in [2.24, 2.45) is 4.99 Å². The topological polar surface area (TPSA) is 93.4 Å². The molecule has 0 aromatic rings. The van der Waals surface area contributed by atoms with Crippen LogP contribution in [0.5, 0.6) is 0 Å². The Kier molecular flexibility index (Phi) is 3.87. The van der Waals surface area contributed by atoms with E-state index in [0.29, 0.717) is 13.1 Å². The minimum atomic E-state index is -1.17. The second kappa shape index (κ2) is 5.40. The second-order valence-electron chi connectivity index (χ2n) is 3.81. The molecule has 0 aliphatic carbocycles. The monoisotopic (exact) mass is 271 g/mol. The highest BCUT2D eigenvalue weighted by molar-refractivity contribution is 7.99. The van der Waals surface area contributed by atoms with E-state index in [9.17, 15) is 9.59 Å². The molecule has 0 spiro atoms. The number of carbonyl (C=O) groups is 2. The lowest BCUT2D eigenvalue weighted by Gasteiger charge is -2.41. The first-order chi connectivity index (χ1) is 8.61. The van der Waals surface area contributed by atoms with E-state index in [2.05, 4.69) is 4.99 Å². The van der Waals surface area contributed by atoms with Gasteiger partial charge in [-0.25, -0.2) is 14.6 Å². The van der Waals surface area contributed by atoms with Crippen LogP contribution in [0.2, 0.25) is 0 Å². The maximum Gasteiger partial charge on any atom is 0.355 e. The molecule has 2 heterocycles. The zero-order chi connectivity index (χ0) is 13.1. The fourth-order valence-corrected chi connectivity index (χ4v) is 2.77. The Labute approximate surface area is 108 Å². The van der Waals surface area contributed by atoms with Gasteiger partial charge in [-0.05, 0) is 0 Å². The quantitative estimate of drug-likeness (QED) is 0.729. The van der Waals surface area contributed by atoms with E-state index in [1.54, 1.807) is 16.8 Å². The van der Waals surface area contributed by atoms with Gasteiger partial charge in [-0.15, -0.1) is 0 Å². The highest BCUT2D eigenvalue weighted by atomic mass is 32.2. The van der Waals surface area contributed by atoms with Crippen LogP contribution in [0, 0.1) is 0 Å². The summed E-state index contributed by atoms with van der Waals surface area (Å²) in [7, 11) is 0. The molecule has 8 heteroatoms. The van der Waals surface area contributed by atoms with Gasteiger partial charge < -0.3 is 10.2 Å². The molecule has 0 aromatic heterocycles. The van der Waals surface area contributed by atoms with Gasteiger partial charge in [0.05, 0.1) is 6.20 Å². The zero-order valence-corrected chi connectivity index (χ0v) is 10.3. The van der Waals surface area contributed by atoms with Gasteiger partial charge in [0.2, 0.25) is 0 Å². The van der Waals surface area contributed by atoms with Crippen LogP contribution in [0.1, 0.15) is 0 Å². The van der Waals surface area contributed by atoms with E-state index in [-0.39, 0.29) is 5.70 Å². The number of carboxylic acids is 2. The van der Waals surface area contributed by atoms with Gasteiger partial charge in [0.1, 0.15) is 0 Å². The standard InChI is InChI=1S/C10H13N3O4S/c14-9(15)7-5-11-6-8(10(16)17)13(7)12-1-3-18-4-2-12/h5-7H,1-4H2,(H,14,15)(H,16,17). The fraction of sp³-hybridized carbons (Fsp3) is 0.500. The minimum absolute atomic E-state index is 0.100. The van der Waals surface area contributed by atoms with Crippen molar-refractivity contribution in [3.8, 4) is 0 Å². The number of carboxylic acid groups (broad SMARTS) is 2. The summed E-state index contributed by atoms with van der Waals surface area (Å²) >= 11 is 1.77. The van der Waals surface area contributed by atoms with Crippen molar-refractivity contribution >= 4 is 29.9 Å². The maximum absolute atomic E-state index is 11.2. The summed E-state index contributed by atoms with van der Waals surface area (Å²) in [6.45, 7) is 1.26. The van der Waals surface area contributed by atoms with E-state index >= 15 is 0 Å². The van der Waals surface area contributed by atoms with Crippen LogP contribution in [0.15, 0.2) is 16.9 Å². The molecule has 2 N–H and O–H groups in total. The van der Waals surface area contributed by atoms with Gasteiger partial charge in [-0.3, -0.25) is 10.0 Å². The molecule has 98 valence electrons. The molecule has 2 aliphatic heterocycles. The summed E-state index contributed by atoms with van der Waals surface area (Å²) < 4.78 is 0. The Morgan fingerprint density at radius 3 is 2.56 bits per heavy atom. The Morgan fingerprint density at radius 2 is 2.00 bits per heavy atom. The van der Waals surface area contributed by atoms with Gasteiger partial charge in [-0.2, -0.15) is 11.8 Å². The van der Waals surface area contributed by atoms with Crippen LogP contribution in [0.3, 0.4) is 0 Å². The number of hydrogen-bond acceptors (Lipinski definition) is 6. The molecule has 18 heavy (non-hydrogen) atoms. The molecule has 0 radical (unpaired) electrons. The van der Waals surface area contributed by atoms with Crippen molar-refractivity contribution < 1.29 is 19.8 Å². The van der Waals surface area contributed by atoms with E-state index in [1.165, 1.54) is 17.4 Å². The normalized spacial score (nSPS) is 24.8. The average molecular weight is 271 g/mol. The van der Waals surface area contributed by atoms with Crippen molar-refractivity contribution in [2.75, 3.05) is 24.6 Å². The highest BCUT2D eigenvalue weighted by Crippen LogP contribution is 2.21. The number of nitrogens with zero attached hydrogens (tertiary/aromatic N) is 3. The van der Waals surface area contributed by atoms with Crippen LogP contribution in [0.4, 0.5) is 0 Å². The first kappa shape index (κ1) is 12.9. The molecule has 7 nitrogen and oxygen atoms in total. The molecule has 1 unspecified atom stereocenters. The third-order valence-electron chi connectivity index (χ3n) is 2.70. The molecule has 0 aromatic carbocycles.